The lowest BCUT2D eigenvalue weighted by atomic mass is 9.91. The first-order valence-corrected chi connectivity index (χ1v) is 7.20. The summed E-state index contributed by atoms with van der Waals surface area (Å²) in [6.07, 6.45) is 1.59. The van der Waals surface area contributed by atoms with Crippen LogP contribution in [0.1, 0.15) is 17.0 Å². The summed E-state index contributed by atoms with van der Waals surface area (Å²) in [5.41, 5.74) is 8.44. The van der Waals surface area contributed by atoms with Crippen molar-refractivity contribution < 1.29 is 0 Å². The van der Waals surface area contributed by atoms with Crippen molar-refractivity contribution in [1.82, 2.24) is 9.78 Å². The molecule has 3 rings (SSSR count). The Morgan fingerprint density at radius 2 is 1.48 bits per heavy atom. The zero-order valence-corrected chi connectivity index (χ0v) is 12.2. The molecule has 3 aromatic rings. The summed E-state index contributed by atoms with van der Waals surface area (Å²) in [4.78, 5) is 0. The number of nitrogen functional groups attached to an aromatic ring is 1. The maximum absolute atomic E-state index is 6.00. The van der Waals surface area contributed by atoms with Crippen LogP contribution in [-0.2, 0) is 6.54 Å². The Bertz CT molecular complexity index is 668. The summed E-state index contributed by atoms with van der Waals surface area (Å²) in [7, 11) is 0. The molecule has 0 bridgehead atoms. The Labute approximate surface area is 129 Å². The molecule has 21 heavy (non-hydrogen) atoms. The second-order valence-corrected chi connectivity index (χ2v) is 5.34. The third-order valence-corrected chi connectivity index (χ3v) is 3.88. The van der Waals surface area contributed by atoms with E-state index in [0.29, 0.717) is 17.4 Å². The van der Waals surface area contributed by atoms with Gasteiger partial charge in [0.15, 0.2) is 0 Å². The highest BCUT2D eigenvalue weighted by Crippen LogP contribution is 2.28. The van der Waals surface area contributed by atoms with Crippen LogP contribution in [0.25, 0.3) is 0 Å². The van der Waals surface area contributed by atoms with Gasteiger partial charge in [0.05, 0.1) is 12.7 Å². The normalized spacial score (nSPS) is 11.0. The number of nitrogens with two attached hydrogens (primary N) is 1. The van der Waals surface area contributed by atoms with Gasteiger partial charge in [-0.25, -0.2) is 4.68 Å². The largest absolute Gasteiger partial charge is 0.383 e. The van der Waals surface area contributed by atoms with Crippen LogP contribution in [-0.4, -0.2) is 9.78 Å². The Kier molecular flexibility index (Phi) is 3.93. The molecule has 1 aromatic heterocycles. The van der Waals surface area contributed by atoms with Gasteiger partial charge < -0.3 is 5.73 Å². The van der Waals surface area contributed by atoms with Crippen molar-refractivity contribution in [2.24, 2.45) is 0 Å². The van der Waals surface area contributed by atoms with Crippen LogP contribution in [0, 0.1) is 0 Å². The molecule has 0 spiro atoms. The average Bonchev–Trinajstić information content (AvgIpc) is 2.86. The molecule has 1 heterocycles. The lowest BCUT2D eigenvalue weighted by molar-refractivity contribution is 0.570. The molecule has 2 aromatic carbocycles. The predicted molar refractivity (Wildman–Crippen MR) is 86.4 cm³/mol. The van der Waals surface area contributed by atoms with Crippen LogP contribution < -0.4 is 5.73 Å². The summed E-state index contributed by atoms with van der Waals surface area (Å²) in [6.45, 7) is 0.659. The SMILES string of the molecule is Nc1c(Cl)cnn1CC(c1ccccc1)c1ccccc1. The van der Waals surface area contributed by atoms with Gasteiger partial charge in [0.25, 0.3) is 0 Å². The fourth-order valence-corrected chi connectivity index (χ4v) is 2.61. The van der Waals surface area contributed by atoms with Crippen molar-refractivity contribution >= 4 is 17.4 Å². The molecule has 0 aliphatic rings. The van der Waals surface area contributed by atoms with Crippen molar-refractivity contribution in [3.05, 3.63) is 83.0 Å². The summed E-state index contributed by atoms with van der Waals surface area (Å²) >= 11 is 6.00. The Morgan fingerprint density at radius 3 is 1.90 bits per heavy atom. The van der Waals surface area contributed by atoms with Crippen molar-refractivity contribution in [3.8, 4) is 0 Å². The van der Waals surface area contributed by atoms with Gasteiger partial charge in [0.2, 0.25) is 0 Å². The number of benzene rings is 2. The molecule has 0 amide bonds. The van der Waals surface area contributed by atoms with E-state index in [9.17, 15) is 0 Å². The van der Waals surface area contributed by atoms with E-state index >= 15 is 0 Å². The van der Waals surface area contributed by atoms with E-state index in [2.05, 4.69) is 29.4 Å². The molecule has 0 saturated heterocycles. The highest BCUT2D eigenvalue weighted by atomic mass is 35.5. The van der Waals surface area contributed by atoms with Gasteiger partial charge >= 0.3 is 0 Å². The lowest BCUT2D eigenvalue weighted by Crippen LogP contribution is -2.13. The zero-order chi connectivity index (χ0) is 14.7. The van der Waals surface area contributed by atoms with Gasteiger partial charge in [0.1, 0.15) is 10.8 Å². The summed E-state index contributed by atoms with van der Waals surface area (Å²) in [5.74, 6) is 0.694. The minimum absolute atomic E-state index is 0.186. The molecular weight excluding hydrogens is 282 g/mol. The molecule has 4 heteroatoms. The lowest BCUT2D eigenvalue weighted by Gasteiger charge is -2.19. The number of halogens is 1. The number of rotatable bonds is 4. The first-order valence-electron chi connectivity index (χ1n) is 6.82. The zero-order valence-electron chi connectivity index (χ0n) is 11.5. The van der Waals surface area contributed by atoms with Gasteiger partial charge in [-0.2, -0.15) is 5.10 Å². The second kappa shape index (κ2) is 6.02. The smallest absolute Gasteiger partial charge is 0.140 e. The van der Waals surface area contributed by atoms with Gasteiger partial charge in [-0.3, -0.25) is 0 Å². The van der Waals surface area contributed by atoms with E-state index in [0.717, 1.165) is 0 Å². The predicted octanol–water partition coefficient (Wildman–Crippen LogP) is 3.95. The van der Waals surface area contributed by atoms with Crippen LogP contribution in [0.3, 0.4) is 0 Å². The van der Waals surface area contributed by atoms with E-state index in [-0.39, 0.29) is 5.92 Å². The first-order chi connectivity index (χ1) is 10.3. The third kappa shape index (κ3) is 2.93. The molecule has 0 aliphatic carbocycles. The average molecular weight is 298 g/mol. The second-order valence-electron chi connectivity index (χ2n) is 4.93. The first kappa shape index (κ1) is 13.7. The molecule has 0 aliphatic heterocycles. The van der Waals surface area contributed by atoms with Crippen molar-refractivity contribution in [2.45, 2.75) is 12.5 Å². The van der Waals surface area contributed by atoms with Crippen LogP contribution in [0.15, 0.2) is 66.9 Å². The van der Waals surface area contributed by atoms with Crippen LogP contribution in [0.5, 0.6) is 0 Å². The molecular formula is C17H16ClN3. The number of hydrogen-bond acceptors (Lipinski definition) is 2. The Hall–Kier alpha value is -2.26. The van der Waals surface area contributed by atoms with E-state index < -0.39 is 0 Å². The number of aromatic nitrogens is 2. The monoisotopic (exact) mass is 297 g/mol. The van der Waals surface area contributed by atoms with Gasteiger partial charge in [0, 0.05) is 5.92 Å². The standard InChI is InChI=1S/C17H16ClN3/c18-16-11-20-21(17(16)19)12-15(13-7-3-1-4-8-13)14-9-5-2-6-10-14/h1-11,15H,12,19H2. The molecule has 0 radical (unpaired) electrons. The molecule has 106 valence electrons. The van der Waals surface area contributed by atoms with Crippen molar-refractivity contribution in [2.75, 3.05) is 5.73 Å². The molecule has 0 saturated carbocycles. The number of anilines is 1. The molecule has 3 nitrogen and oxygen atoms in total. The van der Waals surface area contributed by atoms with Crippen molar-refractivity contribution in [3.63, 3.8) is 0 Å². The van der Waals surface area contributed by atoms with Crippen LogP contribution in [0.4, 0.5) is 5.82 Å². The minimum Gasteiger partial charge on any atom is -0.383 e. The Balaban J connectivity index is 1.99. The maximum Gasteiger partial charge on any atom is 0.140 e. The third-order valence-electron chi connectivity index (χ3n) is 3.59. The molecule has 0 unspecified atom stereocenters. The maximum atomic E-state index is 6.00. The molecule has 2 N–H and O–H groups in total. The van der Waals surface area contributed by atoms with E-state index in [4.69, 9.17) is 17.3 Å². The fourth-order valence-electron chi connectivity index (χ4n) is 2.46. The van der Waals surface area contributed by atoms with Crippen LogP contribution >= 0.6 is 11.6 Å². The van der Waals surface area contributed by atoms with Crippen molar-refractivity contribution in [1.29, 1.82) is 0 Å². The summed E-state index contributed by atoms with van der Waals surface area (Å²) in [5, 5.41) is 4.76. The topological polar surface area (TPSA) is 43.8 Å². The molecule has 0 atom stereocenters. The van der Waals surface area contributed by atoms with Gasteiger partial charge in [-0.15, -0.1) is 0 Å². The highest BCUT2D eigenvalue weighted by molar-refractivity contribution is 6.32. The molecule has 0 fully saturated rings. The van der Waals surface area contributed by atoms with E-state index in [1.54, 1.807) is 10.9 Å². The van der Waals surface area contributed by atoms with E-state index in [1.165, 1.54) is 11.1 Å². The summed E-state index contributed by atoms with van der Waals surface area (Å²) < 4.78 is 1.76. The number of hydrogen-bond donors (Lipinski definition) is 1. The Morgan fingerprint density at radius 1 is 0.952 bits per heavy atom. The van der Waals surface area contributed by atoms with Gasteiger partial charge in [-0.1, -0.05) is 72.3 Å². The van der Waals surface area contributed by atoms with Crippen LogP contribution in [0.2, 0.25) is 5.02 Å². The number of nitrogens with zero attached hydrogens (tertiary/aromatic N) is 2. The minimum atomic E-state index is 0.186. The van der Waals surface area contributed by atoms with Gasteiger partial charge in [-0.05, 0) is 11.1 Å². The highest BCUT2D eigenvalue weighted by Gasteiger charge is 2.17. The quantitative estimate of drug-likeness (QED) is 0.792. The summed E-state index contributed by atoms with van der Waals surface area (Å²) in [6, 6.07) is 20.7. The van der Waals surface area contributed by atoms with E-state index in [1.807, 2.05) is 36.4 Å². The fraction of sp³-hybridized carbons (Fsp3) is 0.118.